The highest BCUT2D eigenvalue weighted by Gasteiger charge is 2.65. The monoisotopic (exact) mass is 1930 g/mol. The molecule has 678 valence electrons. The Morgan fingerprint density at radius 3 is 0.827 bits per heavy atom. The van der Waals surface area contributed by atoms with E-state index in [1.165, 1.54) is 188 Å². The Kier molecular flexibility index (Phi) is 20.1. The summed E-state index contributed by atoms with van der Waals surface area (Å²) in [5.74, 6) is 0. The number of aromatic nitrogens is 3. The third kappa shape index (κ3) is 12.7. The zero-order valence-electron chi connectivity index (χ0n) is 79.3. The molecule has 0 saturated carbocycles. The number of fused-ring (bicyclic) bond motifs is 36. The second-order valence-electron chi connectivity index (χ2n) is 41.1. The molecule has 9 nitrogen and oxygen atoms in total. The van der Waals surface area contributed by atoms with Crippen LogP contribution in [0.4, 0.5) is 0 Å². The van der Waals surface area contributed by atoms with Crippen LogP contribution < -0.4 is 5.46 Å². The van der Waals surface area contributed by atoms with Gasteiger partial charge in [-0.15, -0.1) is 0 Å². The van der Waals surface area contributed by atoms with Crippen LogP contribution in [0.25, 0.3) is 127 Å². The van der Waals surface area contributed by atoms with E-state index < -0.39 is 43.2 Å². The molecule has 6 aliphatic heterocycles. The van der Waals surface area contributed by atoms with Crippen molar-refractivity contribution in [3.05, 3.63) is 462 Å². The van der Waals surface area contributed by atoms with Crippen LogP contribution in [0, 0.1) is 0 Å². The van der Waals surface area contributed by atoms with Gasteiger partial charge in [-0.05, 0) is 279 Å². The molecule has 0 unspecified atom stereocenters. The van der Waals surface area contributed by atoms with E-state index in [0.29, 0.717) is 0 Å². The average molecular weight is 1930 g/mol. The molecule has 3 aliphatic carbocycles. The minimum absolute atomic E-state index is 0.360. The van der Waals surface area contributed by atoms with Crippen LogP contribution in [0.15, 0.2) is 381 Å². The summed E-state index contributed by atoms with van der Waals surface area (Å²) in [6.45, 7) is 24.7. The fourth-order valence-electron chi connectivity index (χ4n) is 24.1. The molecule has 0 radical (unpaired) electrons. The first-order valence-electron chi connectivity index (χ1n) is 48.1. The number of hydrogen-bond acceptors (Lipinski definition) is 6. The summed E-state index contributed by atoms with van der Waals surface area (Å²) < 4.78 is 45.4. The van der Waals surface area contributed by atoms with Crippen molar-refractivity contribution in [3.8, 4) is 61.6 Å². The van der Waals surface area contributed by atoms with Gasteiger partial charge in [0.1, 0.15) is 0 Å². The van der Waals surface area contributed by atoms with Crippen molar-refractivity contribution >= 4 is 143 Å². The van der Waals surface area contributed by atoms with Crippen LogP contribution >= 0.6 is 50.7 Å². The molecule has 16 heteroatoms. The maximum atomic E-state index is 6.64. The Morgan fingerprint density at radius 2 is 0.482 bits per heavy atom. The van der Waals surface area contributed by atoms with Crippen molar-refractivity contribution in [2.45, 2.75) is 133 Å². The maximum absolute atomic E-state index is 6.64. The van der Waals surface area contributed by atoms with E-state index in [0.717, 1.165) is 30.6 Å². The van der Waals surface area contributed by atoms with Crippen LogP contribution in [-0.4, -0.2) is 68.4 Å². The topological polar surface area (TPSA) is 70.2 Å². The Labute approximate surface area is 834 Å². The second kappa shape index (κ2) is 31.7. The van der Waals surface area contributed by atoms with Crippen LogP contribution in [0.1, 0.15) is 150 Å². The van der Waals surface area contributed by atoms with E-state index in [1.54, 1.807) is 0 Å². The summed E-state index contributed by atoms with van der Waals surface area (Å²) in [6, 6.07) is 137. The first kappa shape index (κ1) is 87.9. The summed E-state index contributed by atoms with van der Waals surface area (Å²) in [4.78, 5) is 0. The Bertz CT molecular complexity index is 8310. The third-order valence-electron chi connectivity index (χ3n) is 32.3. The summed E-state index contributed by atoms with van der Waals surface area (Å²) in [5, 5.41) is 9.98. The van der Waals surface area contributed by atoms with Gasteiger partial charge in [0.25, 0.3) is 0 Å². The van der Waals surface area contributed by atoms with Gasteiger partial charge in [0.05, 0.1) is 100 Å². The fourth-order valence-corrected chi connectivity index (χ4v) is 24.7. The number of rotatable bonds is 3. The SMILES string of the molecule is CC1(C)OB(B2OC(C)(C)C(C)(C)O2)OC1(C)C.CC1(C)OB(c2ccc3c(c2)-n2c4ccccc4c4cccc(c42)C32c3ccccc3-c3ccccc32)OC1(C)C.Clc1ccc(-c2ccc3c(c2)-n2c4ccccc4c4cccc(c42)C32c3ccccc3-c3ccccc32)cc1.Clc1ccc(Br)cc1.Clc1ccc2c(c1)-n1c3ccccc3c3cccc(c31)C21c2ccccc2-c2ccccc21. The maximum Gasteiger partial charge on any atom is 0.494 e. The molecule has 3 spiro atoms. The summed E-state index contributed by atoms with van der Waals surface area (Å²) in [6.07, 6.45) is 0. The molecule has 0 amide bonds. The van der Waals surface area contributed by atoms with E-state index in [-0.39, 0.29) is 27.8 Å². The highest BCUT2D eigenvalue weighted by molar-refractivity contribution is 9.10. The number of hydrogen-bond donors (Lipinski definition) is 0. The fraction of sp³-hybridized carbons (Fsp3) is 0.171. The summed E-state index contributed by atoms with van der Waals surface area (Å²) >= 11 is 21.8. The van der Waals surface area contributed by atoms with Gasteiger partial charge in [0.2, 0.25) is 0 Å². The standard InChI is InChI=1S/C37H30BNO2.C37H22ClN.C31H18ClN.C12H24B2O4.C6H4BrCl/c1-35(2)36(3,4)41-38(40-35)23-20-21-30-33(22-23)39-32-19-10-7-14-26(32)27-15-11-18-31(34(27)39)37(30)28-16-8-5-12-24(28)25-13-6-9-17-29(25)37;38-25-19-16-23(17-20-25)24-18-21-32-35(22-24)39-34-15-6-3-10-28(34)29-11-7-14-33(36(29)39)37(32)30-12-4-1-8-26(30)27-9-2-5-13-31(27)37;32-19-16-17-26-29(18-19)33-28-15-6-3-10-22(28)23-11-7-14-27(30(23)33)31(26)24-12-4-1-8-20(24)21-9-2-5-13-25(21)31;1-9(2)10(3,4)16-13(15-9)14-17-11(5,6)12(7,8)18-14;7-5-1-3-6(8)4-2-5/h5-22H,1-4H3;1-22H;1-18H;1-8H3;1-4H. The molecule has 9 heterocycles. The van der Waals surface area contributed by atoms with Gasteiger partial charge in [-0.3, -0.25) is 0 Å². The highest BCUT2D eigenvalue weighted by atomic mass is 79.9. The predicted molar refractivity (Wildman–Crippen MR) is 577 cm³/mol. The molecule has 17 aromatic carbocycles. The minimum Gasteiger partial charge on any atom is -0.405 e. The number of halogens is 4. The van der Waals surface area contributed by atoms with Crippen molar-refractivity contribution in [1.29, 1.82) is 0 Å². The minimum atomic E-state index is -0.476. The summed E-state index contributed by atoms with van der Waals surface area (Å²) in [5.41, 5.74) is 35.0. The molecular formula is C123H98B3BrCl3N3O6. The lowest BCUT2D eigenvalue weighted by molar-refractivity contribution is 0.00578. The van der Waals surface area contributed by atoms with Crippen molar-refractivity contribution in [1.82, 2.24) is 13.7 Å². The van der Waals surface area contributed by atoms with Gasteiger partial charge < -0.3 is 41.6 Å². The molecule has 3 saturated heterocycles. The van der Waals surface area contributed by atoms with Crippen LogP contribution in [0.3, 0.4) is 0 Å². The Morgan fingerprint density at radius 1 is 0.223 bits per heavy atom. The van der Waals surface area contributed by atoms with E-state index in [9.17, 15) is 0 Å². The van der Waals surface area contributed by atoms with Crippen LogP contribution in [0.2, 0.25) is 15.1 Å². The van der Waals surface area contributed by atoms with Crippen LogP contribution in [0.5, 0.6) is 0 Å². The molecule has 20 aromatic rings. The lowest BCUT2D eigenvalue weighted by Gasteiger charge is -2.39. The Balaban J connectivity index is 0.0000000981. The zero-order chi connectivity index (χ0) is 95.1. The van der Waals surface area contributed by atoms with Crippen molar-refractivity contribution in [2.24, 2.45) is 0 Å². The quantitative estimate of drug-likeness (QED) is 0.164. The highest BCUT2D eigenvalue weighted by Crippen LogP contribution is 2.66. The number of para-hydroxylation sites is 6. The van der Waals surface area contributed by atoms with Crippen molar-refractivity contribution in [3.63, 3.8) is 0 Å². The smallest absolute Gasteiger partial charge is 0.405 e. The van der Waals surface area contributed by atoms with Gasteiger partial charge >= 0.3 is 21.1 Å². The van der Waals surface area contributed by atoms with Gasteiger partial charge in [0, 0.05) is 51.9 Å². The van der Waals surface area contributed by atoms with Gasteiger partial charge in [-0.25, -0.2) is 0 Å². The average Bonchev–Trinajstić information content (AvgIpc) is 1.51. The van der Waals surface area contributed by atoms with Crippen molar-refractivity contribution in [2.75, 3.05) is 0 Å². The Hall–Kier alpha value is -12.6. The molecule has 0 bridgehead atoms. The number of nitrogens with zero attached hydrogens (tertiary/aromatic N) is 3. The second-order valence-corrected chi connectivity index (χ2v) is 43.4. The van der Waals surface area contributed by atoms with E-state index in [4.69, 9.17) is 62.7 Å². The largest absolute Gasteiger partial charge is 0.494 e. The zero-order valence-corrected chi connectivity index (χ0v) is 83.2. The number of benzene rings is 17. The lowest BCUT2D eigenvalue weighted by Crippen LogP contribution is -2.41. The van der Waals surface area contributed by atoms with E-state index in [1.807, 2.05) is 97.9 Å². The molecule has 9 aliphatic rings. The first-order valence-corrected chi connectivity index (χ1v) is 50.0. The molecule has 29 rings (SSSR count). The first-order chi connectivity index (χ1) is 67.1. The molecule has 3 fully saturated rings. The molecule has 0 N–H and O–H groups in total. The molecule has 139 heavy (non-hydrogen) atoms. The lowest BCUT2D eigenvalue weighted by atomic mass is 9.49. The van der Waals surface area contributed by atoms with Gasteiger partial charge in [-0.1, -0.05) is 348 Å². The van der Waals surface area contributed by atoms with Gasteiger partial charge in [0.15, 0.2) is 0 Å². The molecule has 3 aromatic heterocycles. The van der Waals surface area contributed by atoms with Crippen LogP contribution in [-0.2, 0) is 44.2 Å². The predicted octanol–water partition coefficient (Wildman–Crippen LogP) is 31.0. The van der Waals surface area contributed by atoms with E-state index in [2.05, 4.69) is 391 Å². The van der Waals surface area contributed by atoms with Gasteiger partial charge in [-0.2, -0.15) is 0 Å². The normalized spacial score (nSPS) is 17.5. The molecular weight excluding hydrogens is 1830 g/mol. The molecule has 0 atom stereocenters. The van der Waals surface area contributed by atoms with E-state index >= 15 is 0 Å². The third-order valence-corrected chi connectivity index (χ3v) is 33.6. The summed E-state index contributed by atoms with van der Waals surface area (Å²) in [7, 11) is -1.38. The van der Waals surface area contributed by atoms with Crippen molar-refractivity contribution < 1.29 is 27.9 Å².